The van der Waals surface area contributed by atoms with Crippen molar-refractivity contribution in [2.75, 3.05) is 18.4 Å². The summed E-state index contributed by atoms with van der Waals surface area (Å²) in [6.45, 7) is 7.72. The largest absolute Gasteiger partial charge is 0.339 e. The minimum absolute atomic E-state index is 0.0277. The predicted molar refractivity (Wildman–Crippen MR) is 102 cm³/mol. The fourth-order valence-corrected chi connectivity index (χ4v) is 3.15. The molecule has 0 atom stereocenters. The lowest BCUT2D eigenvalue weighted by atomic mass is 9.98. The number of nitrogens with zero attached hydrogens (tertiary/aromatic N) is 2. The molecule has 1 fully saturated rings. The number of aromatic nitrogens is 1. The van der Waals surface area contributed by atoms with Gasteiger partial charge in [0.15, 0.2) is 0 Å². The molecule has 0 saturated carbocycles. The summed E-state index contributed by atoms with van der Waals surface area (Å²) in [5, 5.41) is 2.89. The molecular formula is C21H25N3O2. The van der Waals surface area contributed by atoms with Gasteiger partial charge in [-0.2, -0.15) is 0 Å². The van der Waals surface area contributed by atoms with Crippen LogP contribution in [0.1, 0.15) is 51.7 Å². The highest BCUT2D eigenvalue weighted by molar-refractivity contribution is 6.05. The van der Waals surface area contributed by atoms with Crippen LogP contribution in [0.5, 0.6) is 0 Å². The Hall–Kier alpha value is -2.69. The summed E-state index contributed by atoms with van der Waals surface area (Å²) in [5.74, 6) is 0.330. The van der Waals surface area contributed by atoms with Crippen molar-refractivity contribution < 1.29 is 9.59 Å². The predicted octanol–water partition coefficient (Wildman–Crippen LogP) is 3.82. The molecule has 5 nitrogen and oxygen atoms in total. The van der Waals surface area contributed by atoms with Gasteiger partial charge in [0.05, 0.1) is 0 Å². The summed E-state index contributed by atoms with van der Waals surface area (Å²) < 4.78 is 0. The average molecular weight is 351 g/mol. The minimum atomic E-state index is -0.305. The standard InChI is InChI=1S/C21H25N3O2/c1-14-8-11-24(12-9-14)21(26)17-7-10-22-19(13-17)20(25)23-18-6-4-5-15(2)16(18)3/h4-7,10,13-14H,8-9,11-12H2,1-3H3,(H,23,25). The molecule has 1 aromatic carbocycles. The van der Waals surface area contributed by atoms with Gasteiger partial charge >= 0.3 is 0 Å². The van der Waals surface area contributed by atoms with E-state index in [0.29, 0.717) is 11.5 Å². The molecule has 2 amide bonds. The molecule has 5 heteroatoms. The maximum absolute atomic E-state index is 12.7. The molecule has 1 saturated heterocycles. The number of carbonyl (C=O) groups is 2. The highest BCUT2D eigenvalue weighted by atomic mass is 16.2. The second kappa shape index (κ2) is 7.68. The van der Waals surface area contributed by atoms with Crippen LogP contribution in [0.3, 0.4) is 0 Å². The van der Waals surface area contributed by atoms with E-state index < -0.39 is 0 Å². The molecule has 26 heavy (non-hydrogen) atoms. The van der Waals surface area contributed by atoms with E-state index in [1.807, 2.05) is 36.9 Å². The molecule has 0 radical (unpaired) electrons. The first-order chi connectivity index (χ1) is 12.5. The fourth-order valence-electron chi connectivity index (χ4n) is 3.15. The van der Waals surface area contributed by atoms with Crippen molar-refractivity contribution in [2.45, 2.75) is 33.6 Å². The lowest BCUT2D eigenvalue weighted by Gasteiger charge is -2.30. The molecular weight excluding hydrogens is 326 g/mol. The summed E-state index contributed by atoms with van der Waals surface area (Å²) in [6.07, 6.45) is 3.57. The van der Waals surface area contributed by atoms with E-state index in [1.54, 1.807) is 12.1 Å². The van der Waals surface area contributed by atoms with Gasteiger partial charge in [-0.15, -0.1) is 0 Å². The number of anilines is 1. The Morgan fingerprint density at radius 3 is 2.62 bits per heavy atom. The third kappa shape index (κ3) is 3.93. The molecule has 1 N–H and O–H groups in total. The zero-order valence-corrected chi connectivity index (χ0v) is 15.6. The van der Waals surface area contributed by atoms with Crippen LogP contribution in [0.2, 0.25) is 0 Å². The maximum Gasteiger partial charge on any atom is 0.274 e. The Morgan fingerprint density at radius 1 is 1.15 bits per heavy atom. The number of pyridine rings is 1. The second-order valence-electron chi connectivity index (χ2n) is 7.11. The summed E-state index contributed by atoms with van der Waals surface area (Å²) in [7, 11) is 0. The van der Waals surface area contributed by atoms with Crippen molar-refractivity contribution in [3.8, 4) is 0 Å². The molecule has 0 aliphatic carbocycles. The first-order valence-electron chi connectivity index (χ1n) is 9.08. The van der Waals surface area contributed by atoms with E-state index in [-0.39, 0.29) is 17.5 Å². The monoisotopic (exact) mass is 351 g/mol. The molecule has 1 aliphatic rings. The third-order valence-electron chi connectivity index (χ3n) is 5.16. The van der Waals surface area contributed by atoms with Crippen LogP contribution in [0.25, 0.3) is 0 Å². The third-order valence-corrected chi connectivity index (χ3v) is 5.16. The van der Waals surface area contributed by atoms with Crippen LogP contribution in [0.15, 0.2) is 36.5 Å². The number of aryl methyl sites for hydroxylation is 1. The Morgan fingerprint density at radius 2 is 1.88 bits per heavy atom. The summed E-state index contributed by atoms with van der Waals surface area (Å²) in [4.78, 5) is 31.3. The van der Waals surface area contributed by atoms with Crippen molar-refractivity contribution in [3.63, 3.8) is 0 Å². The van der Waals surface area contributed by atoms with Crippen LogP contribution in [-0.4, -0.2) is 34.8 Å². The minimum Gasteiger partial charge on any atom is -0.339 e. The zero-order chi connectivity index (χ0) is 18.7. The average Bonchev–Trinajstić information content (AvgIpc) is 2.65. The molecule has 0 unspecified atom stereocenters. The smallest absolute Gasteiger partial charge is 0.274 e. The first-order valence-corrected chi connectivity index (χ1v) is 9.08. The molecule has 2 heterocycles. The molecule has 0 bridgehead atoms. The number of hydrogen-bond donors (Lipinski definition) is 1. The quantitative estimate of drug-likeness (QED) is 0.914. The lowest BCUT2D eigenvalue weighted by molar-refractivity contribution is 0.0697. The number of amides is 2. The van der Waals surface area contributed by atoms with Crippen molar-refractivity contribution >= 4 is 17.5 Å². The van der Waals surface area contributed by atoms with Crippen molar-refractivity contribution in [1.82, 2.24) is 9.88 Å². The van der Waals surface area contributed by atoms with Gasteiger partial charge in [-0.3, -0.25) is 14.6 Å². The second-order valence-corrected chi connectivity index (χ2v) is 7.11. The summed E-state index contributed by atoms with van der Waals surface area (Å²) in [6, 6.07) is 9.03. The molecule has 3 rings (SSSR count). The fraction of sp³-hybridized carbons (Fsp3) is 0.381. The number of piperidine rings is 1. The van der Waals surface area contributed by atoms with Gasteiger partial charge < -0.3 is 10.2 Å². The Balaban J connectivity index is 1.75. The number of nitrogens with one attached hydrogen (secondary N) is 1. The number of hydrogen-bond acceptors (Lipinski definition) is 3. The van der Waals surface area contributed by atoms with E-state index in [0.717, 1.165) is 42.7 Å². The van der Waals surface area contributed by atoms with Crippen LogP contribution in [-0.2, 0) is 0 Å². The van der Waals surface area contributed by atoms with Gasteiger partial charge in [-0.05, 0) is 61.9 Å². The normalized spacial score (nSPS) is 15.0. The van der Waals surface area contributed by atoms with E-state index >= 15 is 0 Å². The van der Waals surface area contributed by atoms with E-state index in [1.165, 1.54) is 6.20 Å². The molecule has 136 valence electrons. The van der Waals surface area contributed by atoms with Crippen molar-refractivity contribution in [2.24, 2.45) is 5.92 Å². The zero-order valence-electron chi connectivity index (χ0n) is 15.6. The molecule has 0 spiro atoms. The van der Waals surface area contributed by atoms with Crippen LogP contribution in [0, 0.1) is 19.8 Å². The van der Waals surface area contributed by atoms with Gasteiger partial charge in [0.2, 0.25) is 0 Å². The lowest BCUT2D eigenvalue weighted by Crippen LogP contribution is -2.38. The van der Waals surface area contributed by atoms with Gasteiger partial charge in [0, 0.05) is 30.5 Å². The summed E-state index contributed by atoms with van der Waals surface area (Å²) in [5.41, 5.74) is 3.66. The van der Waals surface area contributed by atoms with Gasteiger partial charge in [-0.25, -0.2) is 0 Å². The Labute approximate surface area is 154 Å². The van der Waals surface area contributed by atoms with Crippen LogP contribution >= 0.6 is 0 Å². The van der Waals surface area contributed by atoms with Gasteiger partial charge in [0.25, 0.3) is 11.8 Å². The number of likely N-dealkylation sites (tertiary alicyclic amines) is 1. The van der Waals surface area contributed by atoms with E-state index in [9.17, 15) is 9.59 Å². The van der Waals surface area contributed by atoms with Gasteiger partial charge in [-0.1, -0.05) is 19.1 Å². The molecule has 1 aliphatic heterocycles. The molecule has 1 aromatic heterocycles. The van der Waals surface area contributed by atoms with Gasteiger partial charge in [0.1, 0.15) is 5.69 Å². The van der Waals surface area contributed by atoms with Crippen LogP contribution < -0.4 is 5.32 Å². The van der Waals surface area contributed by atoms with Crippen molar-refractivity contribution in [3.05, 3.63) is 58.9 Å². The SMILES string of the molecule is Cc1cccc(NC(=O)c2cc(C(=O)N3CCC(C)CC3)ccn2)c1C. The number of carbonyl (C=O) groups excluding carboxylic acids is 2. The first kappa shape index (κ1) is 18.1. The van der Waals surface area contributed by atoms with Crippen LogP contribution in [0.4, 0.5) is 5.69 Å². The Kier molecular flexibility index (Phi) is 5.35. The van der Waals surface area contributed by atoms with E-state index in [4.69, 9.17) is 0 Å². The maximum atomic E-state index is 12.7. The number of benzene rings is 1. The highest BCUT2D eigenvalue weighted by Crippen LogP contribution is 2.20. The highest BCUT2D eigenvalue weighted by Gasteiger charge is 2.22. The molecule has 2 aromatic rings. The number of rotatable bonds is 3. The summed E-state index contributed by atoms with van der Waals surface area (Å²) >= 11 is 0. The topological polar surface area (TPSA) is 62.3 Å². The van der Waals surface area contributed by atoms with Crippen molar-refractivity contribution in [1.29, 1.82) is 0 Å². The van der Waals surface area contributed by atoms with E-state index in [2.05, 4.69) is 17.2 Å². The Bertz CT molecular complexity index is 824.